The van der Waals surface area contributed by atoms with E-state index in [-0.39, 0.29) is 11.9 Å². The van der Waals surface area contributed by atoms with E-state index in [1.807, 2.05) is 49.7 Å². The fourth-order valence-corrected chi connectivity index (χ4v) is 3.75. The number of amides is 1. The number of rotatable bonds is 5. The van der Waals surface area contributed by atoms with Crippen molar-refractivity contribution < 1.29 is 4.79 Å². The van der Waals surface area contributed by atoms with E-state index in [4.69, 9.17) is 0 Å². The molecule has 6 nitrogen and oxygen atoms in total. The zero-order chi connectivity index (χ0) is 19.7. The molecule has 6 heteroatoms. The van der Waals surface area contributed by atoms with E-state index in [1.54, 1.807) is 6.20 Å². The van der Waals surface area contributed by atoms with Gasteiger partial charge in [0, 0.05) is 30.7 Å². The molecule has 1 atom stereocenters. The van der Waals surface area contributed by atoms with E-state index < -0.39 is 0 Å². The van der Waals surface area contributed by atoms with Gasteiger partial charge in [-0.25, -0.2) is 9.67 Å². The van der Waals surface area contributed by atoms with Crippen molar-refractivity contribution in [1.82, 2.24) is 20.1 Å². The molecule has 0 radical (unpaired) electrons. The molecule has 1 unspecified atom stereocenters. The molecule has 0 saturated heterocycles. The third-order valence-electron chi connectivity index (χ3n) is 5.27. The zero-order valence-electron chi connectivity index (χ0n) is 16.5. The normalized spacial score (nSPS) is 14.0. The summed E-state index contributed by atoms with van der Waals surface area (Å²) < 4.78 is 1.82. The molecule has 0 aliphatic carbocycles. The van der Waals surface area contributed by atoms with Crippen molar-refractivity contribution in [2.45, 2.75) is 39.8 Å². The van der Waals surface area contributed by atoms with Crippen LogP contribution >= 0.6 is 0 Å². The van der Waals surface area contributed by atoms with Gasteiger partial charge < -0.3 is 10.2 Å². The SMILES string of the molecule is Cc1cc(C)n(-c2ccc(CNC(=O)C(C)N3CCc4ccccc43)cn2)n1. The van der Waals surface area contributed by atoms with Crippen LogP contribution in [0.5, 0.6) is 0 Å². The lowest BCUT2D eigenvalue weighted by Crippen LogP contribution is -2.44. The Balaban J connectivity index is 1.38. The summed E-state index contributed by atoms with van der Waals surface area (Å²) in [7, 11) is 0. The lowest BCUT2D eigenvalue weighted by Gasteiger charge is -2.26. The highest BCUT2D eigenvalue weighted by atomic mass is 16.2. The van der Waals surface area contributed by atoms with Crippen LogP contribution in [0.25, 0.3) is 5.82 Å². The second-order valence-electron chi connectivity index (χ2n) is 7.33. The average Bonchev–Trinajstić information content (AvgIpc) is 3.28. The first-order valence-corrected chi connectivity index (χ1v) is 9.64. The van der Waals surface area contributed by atoms with Crippen LogP contribution in [-0.2, 0) is 17.8 Å². The Labute approximate surface area is 165 Å². The molecule has 1 N–H and O–H groups in total. The third kappa shape index (κ3) is 3.50. The average molecular weight is 375 g/mol. The van der Waals surface area contributed by atoms with Gasteiger partial charge in [-0.15, -0.1) is 0 Å². The van der Waals surface area contributed by atoms with Gasteiger partial charge in [0.25, 0.3) is 0 Å². The molecule has 1 aliphatic rings. The Morgan fingerprint density at radius 1 is 1.21 bits per heavy atom. The van der Waals surface area contributed by atoms with Gasteiger partial charge in [-0.1, -0.05) is 24.3 Å². The topological polar surface area (TPSA) is 63.1 Å². The van der Waals surface area contributed by atoms with Crippen LogP contribution in [0.3, 0.4) is 0 Å². The molecule has 1 aliphatic heterocycles. The molecule has 1 aromatic carbocycles. The third-order valence-corrected chi connectivity index (χ3v) is 5.27. The van der Waals surface area contributed by atoms with Crippen LogP contribution < -0.4 is 10.2 Å². The summed E-state index contributed by atoms with van der Waals surface area (Å²) in [5.41, 5.74) is 5.46. The van der Waals surface area contributed by atoms with Crippen molar-refractivity contribution in [1.29, 1.82) is 0 Å². The lowest BCUT2D eigenvalue weighted by atomic mass is 10.1. The molecule has 28 heavy (non-hydrogen) atoms. The first-order valence-electron chi connectivity index (χ1n) is 9.64. The van der Waals surface area contributed by atoms with Crippen LogP contribution in [0.4, 0.5) is 5.69 Å². The number of hydrogen-bond acceptors (Lipinski definition) is 4. The molecular formula is C22H25N5O. The van der Waals surface area contributed by atoms with Crippen LogP contribution in [0.15, 0.2) is 48.7 Å². The number of hydrogen-bond donors (Lipinski definition) is 1. The molecule has 2 aromatic heterocycles. The molecule has 3 heterocycles. The van der Waals surface area contributed by atoms with Gasteiger partial charge in [0.1, 0.15) is 6.04 Å². The summed E-state index contributed by atoms with van der Waals surface area (Å²) in [4.78, 5) is 19.3. The fraction of sp³-hybridized carbons (Fsp3) is 0.318. The van der Waals surface area contributed by atoms with Gasteiger partial charge >= 0.3 is 0 Å². The first kappa shape index (κ1) is 18.2. The minimum absolute atomic E-state index is 0.0272. The number of nitrogens with zero attached hydrogens (tertiary/aromatic N) is 4. The maximum absolute atomic E-state index is 12.7. The van der Waals surface area contributed by atoms with Gasteiger partial charge in [-0.2, -0.15) is 5.10 Å². The van der Waals surface area contributed by atoms with Crippen LogP contribution in [0.2, 0.25) is 0 Å². The molecule has 0 fully saturated rings. The van der Waals surface area contributed by atoms with Gasteiger partial charge in [-0.3, -0.25) is 4.79 Å². The molecule has 1 amide bonds. The number of para-hydroxylation sites is 1. The van der Waals surface area contributed by atoms with E-state index in [2.05, 4.69) is 38.5 Å². The molecule has 4 rings (SSSR count). The predicted octanol–water partition coefficient (Wildman–Crippen LogP) is 2.95. The Bertz CT molecular complexity index is 992. The molecule has 0 bridgehead atoms. The first-order chi connectivity index (χ1) is 13.5. The van der Waals surface area contributed by atoms with E-state index in [0.29, 0.717) is 6.54 Å². The van der Waals surface area contributed by atoms with Crippen molar-refractivity contribution in [3.05, 3.63) is 71.2 Å². The van der Waals surface area contributed by atoms with Crippen molar-refractivity contribution in [3.8, 4) is 5.82 Å². The standard InChI is InChI=1S/C22H25N5O/c1-15-12-16(2)27(25-15)21-9-8-18(13-23-21)14-24-22(28)17(3)26-11-10-19-6-4-5-7-20(19)26/h4-9,12-13,17H,10-11,14H2,1-3H3,(H,24,28). The van der Waals surface area contributed by atoms with Crippen molar-refractivity contribution >= 4 is 11.6 Å². The van der Waals surface area contributed by atoms with Gasteiger partial charge in [0.15, 0.2) is 5.82 Å². The van der Waals surface area contributed by atoms with Gasteiger partial charge in [0.2, 0.25) is 5.91 Å². The molecule has 144 valence electrons. The number of aromatic nitrogens is 3. The highest BCUT2D eigenvalue weighted by Crippen LogP contribution is 2.29. The molecule has 3 aromatic rings. The Morgan fingerprint density at radius 2 is 2.04 bits per heavy atom. The van der Waals surface area contributed by atoms with Crippen LogP contribution in [-0.4, -0.2) is 33.3 Å². The van der Waals surface area contributed by atoms with E-state index in [1.165, 1.54) is 11.3 Å². The van der Waals surface area contributed by atoms with Crippen LogP contribution in [0.1, 0.15) is 29.4 Å². The number of aryl methyl sites for hydroxylation is 2. The summed E-state index contributed by atoms with van der Waals surface area (Å²) >= 11 is 0. The van der Waals surface area contributed by atoms with Crippen molar-refractivity contribution in [2.75, 3.05) is 11.4 Å². The Morgan fingerprint density at radius 3 is 2.75 bits per heavy atom. The quantitative estimate of drug-likeness (QED) is 0.745. The fourth-order valence-electron chi connectivity index (χ4n) is 3.75. The minimum atomic E-state index is -0.203. The maximum atomic E-state index is 12.7. The summed E-state index contributed by atoms with van der Waals surface area (Å²) in [5.74, 6) is 0.807. The summed E-state index contributed by atoms with van der Waals surface area (Å²) in [6, 6.07) is 14.0. The Hall–Kier alpha value is -3.15. The van der Waals surface area contributed by atoms with Crippen molar-refractivity contribution in [3.63, 3.8) is 0 Å². The van der Waals surface area contributed by atoms with E-state index in [9.17, 15) is 4.79 Å². The number of anilines is 1. The summed E-state index contributed by atoms with van der Waals surface area (Å²) in [5, 5.41) is 7.49. The molecule has 0 saturated carbocycles. The number of fused-ring (bicyclic) bond motifs is 1. The number of benzene rings is 1. The predicted molar refractivity (Wildman–Crippen MR) is 110 cm³/mol. The maximum Gasteiger partial charge on any atom is 0.242 e. The second-order valence-corrected chi connectivity index (χ2v) is 7.33. The lowest BCUT2D eigenvalue weighted by molar-refractivity contribution is -0.122. The molecule has 0 spiro atoms. The number of carbonyl (C=O) groups excluding carboxylic acids is 1. The highest BCUT2D eigenvalue weighted by Gasteiger charge is 2.27. The smallest absolute Gasteiger partial charge is 0.242 e. The summed E-state index contributed by atoms with van der Waals surface area (Å²) in [6.45, 7) is 7.28. The number of nitrogens with one attached hydrogen (secondary N) is 1. The second kappa shape index (κ2) is 7.46. The minimum Gasteiger partial charge on any atom is -0.359 e. The largest absolute Gasteiger partial charge is 0.359 e. The van der Waals surface area contributed by atoms with E-state index >= 15 is 0 Å². The molecular weight excluding hydrogens is 350 g/mol. The Kier molecular flexibility index (Phi) is 4.86. The van der Waals surface area contributed by atoms with Crippen LogP contribution in [0, 0.1) is 13.8 Å². The summed E-state index contributed by atoms with van der Waals surface area (Å²) in [6.07, 6.45) is 2.79. The monoisotopic (exact) mass is 375 g/mol. The number of pyridine rings is 1. The zero-order valence-corrected chi connectivity index (χ0v) is 16.5. The van der Waals surface area contributed by atoms with Gasteiger partial charge in [-0.05, 0) is 56.5 Å². The number of carbonyl (C=O) groups is 1. The highest BCUT2D eigenvalue weighted by molar-refractivity contribution is 5.85. The van der Waals surface area contributed by atoms with Gasteiger partial charge in [0.05, 0.1) is 5.69 Å². The van der Waals surface area contributed by atoms with E-state index in [0.717, 1.165) is 35.7 Å². The van der Waals surface area contributed by atoms with Crippen molar-refractivity contribution in [2.24, 2.45) is 0 Å².